The number of hydrogen-bond donors (Lipinski definition) is 2. The number of aromatic amines is 1. The Balaban J connectivity index is 0.00000144. The Morgan fingerprint density at radius 1 is 1.27 bits per heavy atom. The van der Waals surface area contributed by atoms with E-state index in [0.29, 0.717) is 23.5 Å². The number of fused-ring (bicyclic) bond motifs is 2. The topological polar surface area (TPSA) is 105 Å². The van der Waals surface area contributed by atoms with Crippen molar-refractivity contribution >= 4 is 18.3 Å². The fraction of sp³-hybridized carbons (Fsp3) is 0.583. The van der Waals surface area contributed by atoms with E-state index >= 15 is 0 Å². The van der Waals surface area contributed by atoms with E-state index < -0.39 is 0 Å². The van der Waals surface area contributed by atoms with Crippen LogP contribution in [0.4, 0.5) is 0 Å². The monoisotopic (exact) mass is 324 g/mol. The average molecular weight is 325 g/mol. The maximum absolute atomic E-state index is 12.8. The molecule has 9 nitrogen and oxygen atoms in total. The van der Waals surface area contributed by atoms with Gasteiger partial charge in [-0.15, -0.1) is 17.5 Å². The molecule has 1 amide bonds. The number of nitrogens with zero attached hydrogens (tertiary/aromatic N) is 6. The maximum atomic E-state index is 12.8. The standard InChI is InChI=1S/C12H16N8O.ClH/c21-12(19-4-3-8-1-2-9(6-19)15-8)10-5-13-16-11(10)20-7-14-17-18-20;/h5,7-9,15H,1-4,6H2,(H,13,16);1H/t8-,9+;/m1./s1. The van der Waals surface area contributed by atoms with Crippen molar-refractivity contribution < 1.29 is 4.79 Å². The van der Waals surface area contributed by atoms with Gasteiger partial charge in [-0.1, -0.05) is 0 Å². The Kier molecular flexibility index (Phi) is 4.08. The number of carbonyl (C=O) groups is 1. The normalized spacial score (nSPS) is 23.9. The summed E-state index contributed by atoms with van der Waals surface area (Å²) in [6.07, 6.45) is 6.33. The predicted molar refractivity (Wildman–Crippen MR) is 79.0 cm³/mol. The van der Waals surface area contributed by atoms with Crippen molar-refractivity contribution in [2.45, 2.75) is 31.3 Å². The Bertz CT molecular complexity index is 641. The first-order valence-electron chi connectivity index (χ1n) is 7.13. The van der Waals surface area contributed by atoms with E-state index in [1.165, 1.54) is 23.6 Å². The summed E-state index contributed by atoms with van der Waals surface area (Å²) < 4.78 is 1.42. The van der Waals surface area contributed by atoms with Crippen LogP contribution in [0.1, 0.15) is 29.6 Å². The fourth-order valence-corrected chi connectivity index (χ4v) is 3.17. The molecule has 2 bridgehead atoms. The van der Waals surface area contributed by atoms with Gasteiger partial charge in [0.25, 0.3) is 5.91 Å². The minimum Gasteiger partial charge on any atom is -0.337 e. The van der Waals surface area contributed by atoms with Gasteiger partial charge in [0.15, 0.2) is 5.82 Å². The number of halogens is 1. The number of aromatic nitrogens is 6. The second kappa shape index (κ2) is 6.01. The molecule has 2 aromatic rings. The summed E-state index contributed by atoms with van der Waals surface area (Å²) in [5.74, 6) is 0.482. The van der Waals surface area contributed by atoms with Crippen molar-refractivity contribution in [1.29, 1.82) is 0 Å². The molecule has 4 rings (SSSR count). The van der Waals surface area contributed by atoms with Crippen molar-refractivity contribution in [2.24, 2.45) is 0 Å². The van der Waals surface area contributed by atoms with Crippen LogP contribution in [0.2, 0.25) is 0 Å². The van der Waals surface area contributed by atoms with Crippen LogP contribution in [-0.4, -0.2) is 66.4 Å². The van der Waals surface area contributed by atoms with E-state index in [1.54, 1.807) is 0 Å². The van der Waals surface area contributed by atoms with Crippen LogP contribution in [-0.2, 0) is 0 Å². The molecule has 4 heterocycles. The number of amides is 1. The molecule has 0 unspecified atom stereocenters. The third-order valence-corrected chi connectivity index (χ3v) is 4.24. The summed E-state index contributed by atoms with van der Waals surface area (Å²) in [5, 5.41) is 21.3. The molecule has 2 N–H and O–H groups in total. The van der Waals surface area contributed by atoms with Crippen molar-refractivity contribution in [1.82, 2.24) is 40.6 Å². The highest BCUT2D eigenvalue weighted by Gasteiger charge is 2.32. The Morgan fingerprint density at radius 3 is 2.95 bits per heavy atom. The molecule has 0 spiro atoms. The van der Waals surface area contributed by atoms with Crippen molar-refractivity contribution in [3.8, 4) is 5.82 Å². The second-order valence-corrected chi connectivity index (χ2v) is 5.56. The van der Waals surface area contributed by atoms with Gasteiger partial charge in [0.05, 0.1) is 6.20 Å². The molecule has 0 aliphatic carbocycles. The molecule has 2 aliphatic heterocycles. The lowest BCUT2D eigenvalue weighted by Crippen LogP contribution is -2.39. The lowest BCUT2D eigenvalue weighted by Gasteiger charge is -2.24. The highest BCUT2D eigenvalue weighted by atomic mass is 35.5. The molecule has 0 saturated carbocycles. The van der Waals surface area contributed by atoms with Crippen molar-refractivity contribution in [3.05, 3.63) is 18.1 Å². The highest BCUT2D eigenvalue weighted by molar-refractivity contribution is 5.97. The molecule has 10 heteroatoms. The molecule has 0 aromatic carbocycles. The maximum Gasteiger partial charge on any atom is 0.259 e. The number of tetrazole rings is 1. The molecule has 2 aromatic heterocycles. The molecule has 2 atom stereocenters. The molecule has 0 radical (unpaired) electrons. The van der Waals surface area contributed by atoms with Crippen LogP contribution in [0.3, 0.4) is 0 Å². The smallest absolute Gasteiger partial charge is 0.259 e. The summed E-state index contributed by atoms with van der Waals surface area (Å²) in [7, 11) is 0. The van der Waals surface area contributed by atoms with E-state index in [1.807, 2.05) is 4.90 Å². The van der Waals surface area contributed by atoms with Gasteiger partial charge in [-0.3, -0.25) is 9.89 Å². The van der Waals surface area contributed by atoms with Gasteiger partial charge in [-0.2, -0.15) is 9.78 Å². The zero-order valence-electron chi connectivity index (χ0n) is 11.8. The van der Waals surface area contributed by atoms with Gasteiger partial charge in [0.1, 0.15) is 11.9 Å². The first-order chi connectivity index (χ1) is 10.3. The Morgan fingerprint density at radius 2 is 2.14 bits per heavy atom. The average Bonchev–Trinajstić information content (AvgIpc) is 3.17. The number of rotatable bonds is 2. The zero-order valence-corrected chi connectivity index (χ0v) is 12.7. The van der Waals surface area contributed by atoms with Crippen molar-refractivity contribution in [3.63, 3.8) is 0 Å². The van der Waals surface area contributed by atoms with E-state index in [2.05, 4.69) is 31.0 Å². The number of likely N-dealkylation sites (tertiary alicyclic amines) is 1. The van der Waals surface area contributed by atoms with Crippen LogP contribution >= 0.6 is 12.4 Å². The van der Waals surface area contributed by atoms with Crippen LogP contribution in [0.5, 0.6) is 0 Å². The van der Waals surface area contributed by atoms with Crippen LogP contribution < -0.4 is 5.32 Å². The molecule has 2 aliphatic rings. The van der Waals surface area contributed by atoms with Crippen LogP contribution in [0.25, 0.3) is 5.82 Å². The van der Waals surface area contributed by atoms with Gasteiger partial charge < -0.3 is 10.2 Å². The lowest BCUT2D eigenvalue weighted by molar-refractivity contribution is 0.0748. The highest BCUT2D eigenvalue weighted by Crippen LogP contribution is 2.22. The van der Waals surface area contributed by atoms with E-state index in [0.717, 1.165) is 25.9 Å². The summed E-state index contributed by atoms with van der Waals surface area (Å²) in [4.78, 5) is 14.7. The molecular formula is C12H17ClN8O. The molecular weight excluding hydrogens is 308 g/mol. The van der Waals surface area contributed by atoms with Crippen LogP contribution in [0.15, 0.2) is 12.5 Å². The lowest BCUT2D eigenvalue weighted by atomic mass is 10.1. The third kappa shape index (κ3) is 2.57. The summed E-state index contributed by atoms with van der Waals surface area (Å²) >= 11 is 0. The number of carbonyl (C=O) groups excluding carboxylic acids is 1. The minimum atomic E-state index is -0.0244. The van der Waals surface area contributed by atoms with E-state index in [9.17, 15) is 4.79 Å². The van der Waals surface area contributed by atoms with Gasteiger partial charge in [0.2, 0.25) is 0 Å². The Hall–Kier alpha value is -2.00. The first-order valence-corrected chi connectivity index (χ1v) is 7.13. The largest absolute Gasteiger partial charge is 0.337 e. The number of nitrogens with one attached hydrogen (secondary N) is 2. The minimum absolute atomic E-state index is 0. The fourth-order valence-electron chi connectivity index (χ4n) is 3.17. The number of H-pyrrole nitrogens is 1. The van der Waals surface area contributed by atoms with Gasteiger partial charge >= 0.3 is 0 Å². The molecule has 22 heavy (non-hydrogen) atoms. The predicted octanol–water partition coefficient (Wildman–Crippen LogP) is -0.226. The molecule has 2 fully saturated rings. The molecule has 2 saturated heterocycles. The number of hydrogen-bond acceptors (Lipinski definition) is 6. The van der Waals surface area contributed by atoms with E-state index in [-0.39, 0.29) is 18.3 Å². The summed E-state index contributed by atoms with van der Waals surface area (Å²) in [6.45, 7) is 1.52. The van der Waals surface area contributed by atoms with Gasteiger partial charge in [0, 0.05) is 25.2 Å². The van der Waals surface area contributed by atoms with Crippen LogP contribution in [0, 0.1) is 0 Å². The first kappa shape index (κ1) is 14.9. The quantitative estimate of drug-likeness (QED) is 0.791. The van der Waals surface area contributed by atoms with Crippen molar-refractivity contribution in [2.75, 3.05) is 13.1 Å². The summed E-state index contributed by atoms with van der Waals surface area (Å²) in [5.41, 5.74) is 0.500. The van der Waals surface area contributed by atoms with Gasteiger partial charge in [-0.25, -0.2) is 0 Å². The summed E-state index contributed by atoms with van der Waals surface area (Å²) in [6, 6.07) is 0.959. The zero-order chi connectivity index (χ0) is 14.2. The third-order valence-electron chi connectivity index (χ3n) is 4.24. The Labute approximate surface area is 132 Å². The second-order valence-electron chi connectivity index (χ2n) is 5.56. The van der Waals surface area contributed by atoms with Gasteiger partial charge in [-0.05, 0) is 29.7 Å². The van der Waals surface area contributed by atoms with E-state index in [4.69, 9.17) is 0 Å². The molecule has 118 valence electrons. The SMILES string of the molecule is Cl.O=C(c1cn[nH]c1-n1cnnn1)N1CC[C@H]2CC[C@@H](C1)N2.